The van der Waals surface area contributed by atoms with E-state index in [1.165, 1.54) is 47.3 Å². The summed E-state index contributed by atoms with van der Waals surface area (Å²) in [6, 6.07) is 6.13. The van der Waals surface area contributed by atoms with Gasteiger partial charge in [-0.2, -0.15) is 0 Å². The van der Waals surface area contributed by atoms with Crippen molar-refractivity contribution in [3.8, 4) is 0 Å². The van der Waals surface area contributed by atoms with Gasteiger partial charge < -0.3 is 10.6 Å². The molecule has 0 saturated heterocycles. The summed E-state index contributed by atoms with van der Waals surface area (Å²) in [5.74, 6) is 0. The lowest BCUT2D eigenvalue weighted by Gasteiger charge is -2.19. The van der Waals surface area contributed by atoms with Crippen LogP contribution in [0.2, 0.25) is 0 Å². The summed E-state index contributed by atoms with van der Waals surface area (Å²) in [5.41, 5.74) is 9.29. The number of primary amides is 1. The van der Waals surface area contributed by atoms with Crippen LogP contribution < -0.4 is 5.73 Å². The smallest absolute Gasteiger partial charge is 0.314 e. The molecule has 1 aromatic carbocycles. The van der Waals surface area contributed by atoms with E-state index < -0.39 is 0 Å². The predicted octanol–water partition coefficient (Wildman–Crippen LogP) is 2.08. The lowest BCUT2D eigenvalue weighted by atomic mass is 9.90. The summed E-state index contributed by atoms with van der Waals surface area (Å²) < 4.78 is 0. The molecule has 0 aliphatic heterocycles. The molecule has 0 bridgehead atoms. The highest BCUT2D eigenvalue weighted by molar-refractivity contribution is 5.71. The summed E-state index contributed by atoms with van der Waals surface area (Å²) in [6.07, 6.45) is 4.94. The molecule has 86 valence electrons. The topological polar surface area (TPSA) is 46.3 Å². The molecular weight excluding hydrogens is 200 g/mol. The van der Waals surface area contributed by atoms with E-state index in [0.29, 0.717) is 6.54 Å². The quantitative estimate of drug-likeness (QED) is 0.811. The zero-order valence-corrected chi connectivity index (χ0v) is 9.70. The second kappa shape index (κ2) is 4.56. The van der Waals surface area contributed by atoms with Crippen LogP contribution in [0.15, 0.2) is 18.2 Å². The third-order valence-electron chi connectivity index (χ3n) is 3.21. The Hall–Kier alpha value is -1.51. The largest absolute Gasteiger partial charge is 0.351 e. The van der Waals surface area contributed by atoms with Gasteiger partial charge in [-0.25, -0.2) is 4.79 Å². The fraction of sp³-hybridized carbons (Fsp3) is 0.462. The van der Waals surface area contributed by atoms with Gasteiger partial charge in [0.2, 0.25) is 0 Å². The summed E-state index contributed by atoms with van der Waals surface area (Å²) in [5, 5.41) is 0. The number of benzene rings is 1. The Bertz CT molecular complexity index is 401. The normalized spacial score (nSPS) is 14.3. The van der Waals surface area contributed by atoms with E-state index in [0.717, 1.165) is 0 Å². The van der Waals surface area contributed by atoms with E-state index in [2.05, 4.69) is 18.2 Å². The summed E-state index contributed by atoms with van der Waals surface area (Å²) >= 11 is 0. The highest BCUT2D eigenvalue weighted by atomic mass is 16.2. The van der Waals surface area contributed by atoms with E-state index in [4.69, 9.17) is 5.73 Å². The van der Waals surface area contributed by atoms with E-state index in [-0.39, 0.29) is 6.03 Å². The number of urea groups is 1. The molecule has 3 nitrogen and oxygen atoms in total. The molecule has 2 N–H and O–H groups in total. The van der Waals surface area contributed by atoms with Crippen LogP contribution in [0.5, 0.6) is 0 Å². The van der Waals surface area contributed by atoms with Crippen LogP contribution in [-0.2, 0) is 19.4 Å². The molecular formula is C13H18N2O. The molecule has 1 aliphatic rings. The Morgan fingerprint density at radius 1 is 1.31 bits per heavy atom. The first kappa shape index (κ1) is 11.0. The lowest BCUT2D eigenvalue weighted by Crippen LogP contribution is -2.31. The second-order valence-corrected chi connectivity index (χ2v) is 4.50. The van der Waals surface area contributed by atoms with Crippen LogP contribution in [0, 0.1) is 0 Å². The minimum atomic E-state index is -0.377. The van der Waals surface area contributed by atoms with Gasteiger partial charge in [0.25, 0.3) is 0 Å². The molecule has 0 aromatic heterocycles. The number of rotatable bonds is 2. The molecule has 2 amide bonds. The van der Waals surface area contributed by atoms with Gasteiger partial charge in [-0.15, -0.1) is 0 Å². The Morgan fingerprint density at radius 2 is 2.00 bits per heavy atom. The van der Waals surface area contributed by atoms with Crippen LogP contribution in [0.3, 0.4) is 0 Å². The third kappa shape index (κ3) is 2.35. The van der Waals surface area contributed by atoms with Gasteiger partial charge in [0.05, 0.1) is 0 Å². The minimum Gasteiger partial charge on any atom is -0.351 e. The number of hydrogen-bond donors (Lipinski definition) is 1. The maximum absolute atomic E-state index is 10.9. The van der Waals surface area contributed by atoms with Crippen molar-refractivity contribution in [1.29, 1.82) is 0 Å². The Kier molecular flexibility index (Phi) is 3.13. The Labute approximate surface area is 96.2 Å². The molecule has 1 aromatic rings. The summed E-state index contributed by atoms with van der Waals surface area (Å²) in [4.78, 5) is 12.5. The molecule has 0 spiro atoms. The molecule has 0 unspecified atom stereocenters. The zero-order chi connectivity index (χ0) is 11.5. The Morgan fingerprint density at radius 3 is 2.69 bits per heavy atom. The van der Waals surface area contributed by atoms with E-state index in [1.807, 2.05) is 0 Å². The summed E-state index contributed by atoms with van der Waals surface area (Å²) in [7, 11) is 1.72. The lowest BCUT2D eigenvalue weighted by molar-refractivity contribution is 0.216. The number of aryl methyl sites for hydroxylation is 2. The van der Waals surface area contributed by atoms with Gasteiger partial charge in [0.15, 0.2) is 0 Å². The van der Waals surface area contributed by atoms with Gasteiger partial charge in [-0.1, -0.05) is 18.2 Å². The van der Waals surface area contributed by atoms with Crippen molar-refractivity contribution < 1.29 is 4.79 Å². The first-order chi connectivity index (χ1) is 7.66. The van der Waals surface area contributed by atoms with Crippen LogP contribution in [0.25, 0.3) is 0 Å². The first-order valence-electron chi connectivity index (χ1n) is 5.78. The molecule has 3 heteroatoms. The number of amides is 2. The molecule has 0 radical (unpaired) electrons. The maximum Gasteiger partial charge on any atom is 0.314 e. The van der Waals surface area contributed by atoms with Crippen molar-refractivity contribution in [2.45, 2.75) is 32.2 Å². The van der Waals surface area contributed by atoms with Gasteiger partial charge in [-0.3, -0.25) is 0 Å². The van der Waals surface area contributed by atoms with Crippen LogP contribution in [0.4, 0.5) is 4.79 Å². The number of fused-ring (bicyclic) bond motifs is 1. The number of carbonyl (C=O) groups is 1. The fourth-order valence-electron chi connectivity index (χ4n) is 2.24. The SMILES string of the molecule is CN(Cc1ccc2c(c1)CCCC2)C(N)=O. The first-order valence-corrected chi connectivity index (χ1v) is 5.78. The molecule has 0 atom stereocenters. The van der Waals surface area contributed by atoms with Crippen LogP contribution in [-0.4, -0.2) is 18.0 Å². The number of nitrogens with two attached hydrogens (primary N) is 1. The number of hydrogen-bond acceptors (Lipinski definition) is 1. The Balaban J connectivity index is 2.14. The van der Waals surface area contributed by atoms with Crippen LogP contribution in [0.1, 0.15) is 29.5 Å². The van der Waals surface area contributed by atoms with Gasteiger partial charge in [0.1, 0.15) is 0 Å². The van der Waals surface area contributed by atoms with Crippen molar-refractivity contribution >= 4 is 6.03 Å². The highest BCUT2D eigenvalue weighted by Gasteiger charge is 2.10. The van der Waals surface area contributed by atoms with Crippen molar-refractivity contribution in [2.24, 2.45) is 5.73 Å². The van der Waals surface area contributed by atoms with E-state index >= 15 is 0 Å². The monoisotopic (exact) mass is 218 g/mol. The van der Waals surface area contributed by atoms with Crippen molar-refractivity contribution in [3.05, 3.63) is 34.9 Å². The molecule has 2 rings (SSSR count). The number of carbonyl (C=O) groups excluding carboxylic acids is 1. The highest BCUT2D eigenvalue weighted by Crippen LogP contribution is 2.22. The van der Waals surface area contributed by atoms with E-state index in [9.17, 15) is 4.79 Å². The van der Waals surface area contributed by atoms with Gasteiger partial charge in [0, 0.05) is 13.6 Å². The van der Waals surface area contributed by atoms with Crippen molar-refractivity contribution in [3.63, 3.8) is 0 Å². The molecule has 1 aliphatic carbocycles. The molecule has 16 heavy (non-hydrogen) atoms. The summed E-state index contributed by atoms with van der Waals surface area (Å²) in [6.45, 7) is 0.600. The third-order valence-corrected chi connectivity index (χ3v) is 3.21. The maximum atomic E-state index is 10.9. The fourth-order valence-corrected chi connectivity index (χ4v) is 2.24. The van der Waals surface area contributed by atoms with Crippen LogP contribution >= 0.6 is 0 Å². The molecule has 0 heterocycles. The van der Waals surface area contributed by atoms with E-state index in [1.54, 1.807) is 7.05 Å². The minimum absolute atomic E-state index is 0.377. The van der Waals surface area contributed by atoms with Crippen molar-refractivity contribution in [1.82, 2.24) is 4.90 Å². The zero-order valence-electron chi connectivity index (χ0n) is 9.70. The average Bonchev–Trinajstić information content (AvgIpc) is 2.28. The standard InChI is InChI=1S/C13H18N2O/c1-15(13(14)16)9-10-6-7-11-4-2-3-5-12(11)8-10/h6-8H,2-5,9H2,1H3,(H2,14,16). The second-order valence-electron chi connectivity index (χ2n) is 4.50. The van der Waals surface area contributed by atoms with Crippen molar-refractivity contribution in [2.75, 3.05) is 7.05 Å². The molecule has 0 fully saturated rings. The van der Waals surface area contributed by atoms with Gasteiger partial charge in [-0.05, 0) is 42.4 Å². The van der Waals surface area contributed by atoms with Gasteiger partial charge >= 0.3 is 6.03 Å². The molecule has 0 saturated carbocycles. The predicted molar refractivity (Wildman–Crippen MR) is 64.1 cm³/mol. The number of nitrogens with zero attached hydrogens (tertiary/aromatic N) is 1. The average molecular weight is 218 g/mol.